The number of anilines is 2. The van der Waals surface area contributed by atoms with Crippen LogP contribution in [0.15, 0.2) is 36.4 Å². The lowest BCUT2D eigenvalue weighted by Gasteiger charge is -2.37. The minimum atomic E-state index is -0.818. The Morgan fingerprint density at radius 1 is 1.08 bits per heavy atom. The van der Waals surface area contributed by atoms with Crippen LogP contribution in [0.2, 0.25) is 0 Å². The summed E-state index contributed by atoms with van der Waals surface area (Å²) in [6.07, 6.45) is -1.49. The van der Waals surface area contributed by atoms with E-state index in [0.29, 0.717) is 71.8 Å². The van der Waals surface area contributed by atoms with E-state index in [4.69, 9.17) is 23.9 Å². The Kier molecular flexibility index (Phi) is 6.55. The molecule has 11 heteroatoms. The zero-order chi connectivity index (χ0) is 25.2. The van der Waals surface area contributed by atoms with Crippen molar-refractivity contribution in [2.75, 3.05) is 57.2 Å². The SMILES string of the molecule is COc1cc2nc(N3CCN(C(=O)C4COc5ccccc5O4)CC3)nc(NC(C)O)c2cc1OC. The van der Waals surface area contributed by atoms with Gasteiger partial charge in [0.25, 0.3) is 5.91 Å². The summed E-state index contributed by atoms with van der Waals surface area (Å²) in [5, 5.41) is 13.6. The number of piperazine rings is 1. The van der Waals surface area contributed by atoms with Gasteiger partial charge in [0.2, 0.25) is 12.1 Å². The fraction of sp³-hybridized carbons (Fsp3) is 0.400. The van der Waals surface area contributed by atoms with E-state index in [1.165, 1.54) is 0 Å². The number of hydrogen-bond acceptors (Lipinski definition) is 10. The number of carbonyl (C=O) groups is 1. The number of rotatable bonds is 6. The maximum atomic E-state index is 13.1. The number of ether oxygens (including phenoxy) is 4. The Bertz CT molecular complexity index is 1260. The van der Waals surface area contributed by atoms with Gasteiger partial charge in [-0.25, -0.2) is 4.98 Å². The first-order valence-electron chi connectivity index (χ1n) is 11.8. The smallest absolute Gasteiger partial charge is 0.267 e. The first kappa shape index (κ1) is 23.7. The summed E-state index contributed by atoms with van der Waals surface area (Å²) >= 11 is 0. The lowest BCUT2D eigenvalue weighted by Crippen LogP contribution is -2.54. The van der Waals surface area contributed by atoms with Gasteiger partial charge in [-0.3, -0.25) is 4.79 Å². The predicted octanol–water partition coefficient (Wildman–Crippen LogP) is 1.89. The molecule has 11 nitrogen and oxygen atoms in total. The summed E-state index contributed by atoms with van der Waals surface area (Å²) in [6.45, 7) is 3.88. The van der Waals surface area contributed by atoms with E-state index in [9.17, 15) is 9.90 Å². The fourth-order valence-electron chi connectivity index (χ4n) is 4.36. The van der Waals surface area contributed by atoms with Crippen molar-refractivity contribution in [1.82, 2.24) is 14.9 Å². The molecule has 2 unspecified atom stereocenters. The molecule has 1 fully saturated rings. The first-order chi connectivity index (χ1) is 17.5. The number of para-hydroxylation sites is 2. The molecule has 190 valence electrons. The van der Waals surface area contributed by atoms with E-state index in [2.05, 4.69) is 10.3 Å². The van der Waals surface area contributed by atoms with Crippen LogP contribution in [0.5, 0.6) is 23.0 Å². The highest BCUT2D eigenvalue weighted by Gasteiger charge is 2.33. The first-order valence-corrected chi connectivity index (χ1v) is 11.8. The Morgan fingerprint density at radius 2 is 1.78 bits per heavy atom. The van der Waals surface area contributed by atoms with Crippen molar-refractivity contribution in [3.8, 4) is 23.0 Å². The summed E-state index contributed by atoms with van der Waals surface area (Å²) in [7, 11) is 3.13. The molecule has 36 heavy (non-hydrogen) atoms. The van der Waals surface area contributed by atoms with E-state index in [-0.39, 0.29) is 12.5 Å². The molecule has 0 spiro atoms. The Hall–Kier alpha value is -3.99. The molecule has 0 radical (unpaired) electrons. The molecule has 1 amide bonds. The van der Waals surface area contributed by atoms with E-state index in [0.717, 1.165) is 0 Å². The molecule has 2 atom stereocenters. The number of methoxy groups -OCH3 is 2. The van der Waals surface area contributed by atoms with Gasteiger partial charge in [-0.1, -0.05) is 12.1 Å². The quantitative estimate of drug-likeness (QED) is 0.491. The Balaban J connectivity index is 1.33. The normalized spacial score (nSPS) is 18.1. The molecule has 3 heterocycles. The van der Waals surface area contributed by atoms with Crippen LogP contribution in [-0.2, 0) is 4.79 Å². The van der Waals surface area contributed by atoms with Crippen LogP contribution in [0.4, 0.5) is 11.8 Å². The molecular formula is C25H29N5O6. The standard InChI is InChI=1S/C25H29N5O6/c1-15(31)26-23-16-12-20(33-2)21(34-3)13-17(16)27-25(28-23)30-10-8-29(9-11-30)24(32)22-14-35-18-6-4-5-7-19(18)36-22/h4-7,12-13,15,22,31H,8-11,14H2,1-3H3,(H,26,27,28). The molecule has 0 aliphatic carbocycles. The second-order valence-electron chi connectivity index (χ2n) is 8.59. The zero-order valence-electron chi connectivity index (χ0n) is 20.4. The van der Waals surface area contributed by atoms with Crippen LogP contribution < -0.4 is 29.2 Å². The summed E-state index contributed by atoms with van der Waals surface area (Å²) in [5.74, 6) is 3.19. The van der Waals surface area contributed by atoms with Crippen LogP contribution in [-0.4, -0.2) is 85.2 Å². The minimum absolute atomic E-state index is 0.100. The summed E-state index contributed by atoms with van der Waals surface area (Å²) in [4.78, 5) is 26.3. The summed E-state index contributed by atoms with van der Waals surface area (Å²) in [5.41, 5.74) is 0.644. The van der Waals surface area contributed by atoms with Gasteiger partial charge in [0.15, 0.2) is 23.0 Å². The van der Waals surface area contributed by atoms with E-state index in [1.807, 2.05) is 23.1 Å². The predicted molar refractivity (Wildman–Crippen MR) is 133 cm³/mol. The van der Waals surface area contributed by atoms with Gasteiger partial charge in [0.05, 0.1) is 19.7 Å². The Morgan fingerprint density at radius 3 is 2.47 bits per heavy atom. The molecule has 5 rings (SSSR count). The number of aromatic nitrogens is 2. The summed E-state index contributed by atoms with van der Waals surface area (Å²) < 4.78 is 22.5. The van der Waals surface area contributed by atoms with Crippen molar-refractivity contribution in [3.63, 3.8) is 0 Å². The fourth-order valence-corrected chi connectivity index (χ4v) is 4.36. The van der Waals surface area contributed by atoms with Crippen LogP contribution >= 0.6 is 0 Å². The number of hydrogen-bond donors (Lipinski definition) is 2. The number of aliphatic hydroxyl groups is 1. The van der Waals surface area contributed by atoms with Crippen molar-refractivity contribution < 1.29 is 28.8 Å². The summed E-state index contributed by atoms with van der Waals surface area (Å²) in [6, 6.07) is 10.9. The van der Waals surface area contributed by atoms with Crippen LogP contribution in [0.3, 0.4) is 0 Å². The van der Waals surface area contributed by atoms with Gasteiger partial charge in [-0.15, -0.1) is 0 Å². The lowest BCUT2D eigenvalue weighted by atomic mass is 10.2. The molecule has 0 bridgehead atoms. The zero-order valence-corrected chi connectivity index (χ0v) is 20.4. The van der Waals surface area contributed by atoms with Crippen LogP contribution in [0.25, 0.3) is 10.9 Å². The third kappa shape index (κ3) is 4.61. The third-order valence-electron chi connectivity index (χ3n) is 6.19. The lowest BCUT2D eigenvalue weighted by molar-refractivity contribution is -0.141. The second kappa shape index (κ2) is 9.94. The van der Waals surface area contributed by atoms with Gasteiger partial charge in [-0.2, -0.15) is 4.98 Å². The van der Waals surface area contributed by atoms with Gasteiger partial charge >= 0.3 is 0 Å². The number of fused-ring (bicyclic) bond motifs is 2. The molecule has 1 saturated heterocycles. The third-order valence-corrected chi connectivity index (χ3v) is 6.19. The monoisotopic (exact) mass is 495 g/mol. The van der Waals surface area contributed by atoms with Gasteiger partial charge in [-0.05, 0) is 25.1 Å². The Labute approximate surface area is 208 Å². The largest absolute Gasteiger partial charge is 0.493 e. The van der Waals surface area contributed by atoms with Crippen molar-refractivity contribution >= 4 is 28.6 Å². The van der Waals surface area contributed by atoms with Gasteiger partial charge < -0.3 is 39.2 Å². The molecule has 2 aromatic carbocycles. The maximum Gasteiger partial charge on any atom is 0.267 e. The molecule has 1 aromatic heterocycles. The van der Waals surface area contributed by atoms with Crippen molar-refractivity contribution in [2.45, 2.75) is 19.3 Å². The molecule has 0 saturated carbocycles. The van der Waals surface area contributed by atoms with Crippen LogP contribution in [0, 0.1) is 0 Å². The molecule has 2 aliphatic heterocycles. The number of nitrogens with one attached hydrogen (secondary N) is 1. The maximum absolute atomic E-state index is 13.1. The number of amides is 1. The number of aliphatic hydroxyl groups excluding tert-OH is 1. The molecule has 3 aromatic rings. The topological polar surface area (TPSA) is 119 Å². The van der Waals surface area contributed by atoms with Gasteiger partial charge in [0.1, 0.15) is 18.7 Å². The van der Waals surface area contributed by atoms with E-state index < -0.39 is 12.3 Å². The number of carbonyl (C=O) groups excluding carboxylic acids is 1. The van der Waals surface area contributed by atoms with Crippen molar-refractivity contribution in [3.05, 3.63) is 36.4 Å². The highest BCUT2D eigenvalue weighted by molar-refractivity contribution is 5.93. The molecular weight excluding hydrogens is 466 g/mol. The van der Waals surface area contributed by atoms with Crippen LogP contribution in [0.1, 0.15) is 6.92 Å². The molecule has 2 N–H and O–H groups in total. The number of nitrogens with zero attached hydrogens (tertiary/aromatic N) is 4. The van der Waals surface area contributed by atoms with Crippen molar-refractivity contribution in [1.29, 1.82) is 0 Å². The number of benzene rings is 2. The minimum Gasteiger partial charge on any atom is -0.493 e. The average molecular weight is 496 g/mol. The second-order valence-corrected chi connectivity index (χ2v) is 8.59. The highest BCUT2D eigenvalue weighted by Crippen LogP contribution is 2.35. The van der Waals surface area contributed by atoms with E-state index in [1.54, 1.807) is 44.2 Å². The highest BCUT2D eigenvalue weighted by atomic mass is 16.6. The van der Waals surface area contributed by atoms with E-state index >= 15 is 0 Å². The van der Waals surface area contributed by atoms with Gasteiger partial charge in [0, 0.05) is 37.6 Å². The molecule has 2 aliphatic rings. The van der Waals surface area contributed by atoms with Crippen molar-refractivity contribution in [2.24, 2.45) is 0 Å². The average Bonchev–Trinajstić information content (AvgIpc) is 2.91.